The number of hydrogen-bond acceptors (Lipinski definition) is 9. The summed E-state index contributed by atoms with van der Waals surface area (Å²) in [6.07, 6.45) is 1.69. The highest BCUT2D eigenvalue weighted by molar-refractivity contribution is 6.00. The van der Waals surface area contributed by atoms with Gasteiger partial charge in [0.1, 0.15) is 13.2 Å². The van der Waals surface area contributed by atoms with Gasteiger partial charge in [-0.3, -0.25) is 10.1 Å². The maximum Gasteiger partial charge on any atom is 0.336 e. The molecule has 0 fully saturated rings. The maximum absolute atomic E-state index is 13.1. The van der Waals surface area contributed by atoms with Crippen LogP contribution in [0.4, 0.5) is 5.69 Å². The molecule has 36 heavy (non-hydrogen) atoms. The normalized spacial score (nSPS) is 13.7. The van der Waals surface area contributed by atoms with E-state index in [0.29, 0.717) is 30.2 Å². The number of carbonyl (C=O) groups is 2. The quantitative estimate of drug-likeness (QED) is 0.164. The number of hydrogen-bond donors (Lipinski definition) is 1. The van der Waals surface area contributed by atoms with E-state index in [0.717, 1.165) is 12.8 Å². The van der Waals surface area contributed by atoms with Crippen LogP contribution in [0, 0.1) is 10.1 Å². The summed E-state index contributed by atoms with van der Waals surface area (Å²) in [7, 11) is 0. The number of benzene rings is 1. The van der Waals surface area contributed by atoms with Crippen molar-refractivity contribution in [2.45, 2.75) is 46.5 Å². The van der Waals surface area contributed by atoms with Crippen LogP contribution in [0.5, 0.6) is 0 Å². The first-order chi connectivity index (χ1) is 16.8. The average Bonchev–Trinajstić information content (AvgIpc) is 2.83. The zero-order chi connectivity index (χ0) is 25.8. The maximum atomic E-state index is 13.1. The summed E-state index contributed by atoms with van der Waals surface area (Å²) >= 11 is 0. The topological polar surface area (TPSA) is 126 Å². The first kappa shape index (κ1) is 31.1. The Morgan fingerprint density at radius 3 is 1.83 bits per heavy atom. The molecule has 200 valence electrons. The SMILES string of the molecule is CCCOCCOC(=O)C1=C(C)NC(C)=C(C(=O)OCCOCCC)C1c1cccc([N+](=O)[O-])c1.Cl. The summed E-state index contributed by atoms with van der Waals surface area (Å²) in [4.78, 5) is 37.2. The van der Waals surface area contributed by atoms with Crippen molar-refractivity contribution < 1.29 is 33.5 Å². The number of rotatable bonds is 14. The van der Waals surface area contributed by atoms with Gasteiger partial charge in [-0.2, -0.15) is 0 Å². The molecule has 1 heterocycles. The number of non-ortho nitro benzene ring substituents is 1. The fraction of sp³-hybridized carbons (Fsp3) is 0.520. The number of nitrogens with zero attached hydrogens (tertiary/aromatic N) is 1. The van der Waals surface area contributed by atoms with E-state index in [1.165, 1.54) is 18.2 Å². The molecule has 0 amide bonds. The molecule has 0 saturated heterocycles. The Labute approximate surface area is 217 Å². The Morgan fingerprint density at radius 1 is 0.889 bits per heavy atom. The van der Waals surface area contributed by atoms with Crippen molar-refractivity contribution in [3.8, 4) is 0 Å². The molecule has 0 aliphatic carbocycles. The van der Waals surface area contributed by atoms with Crippen molar-refractivity contribution >= 4 is 30.0 Å². The smallest absolute Gasteiger partial charge is 0.336 e. The zero-order valence-corrected chi connectivity index (χ0v) is 22.0. The molecule has 1 N–H and O–H groups in total. The predicted octanol–water partition coefficient (Wildman–Crippen LogP) is 4.19. The second-order valence-corrected chi connectivity index (χ2v) is 7.98. The van der Waals surface area contributed by atoms with Crippen molar-refractivity contribution in [3.63, 3.8) is 0 Å². The van der Waals surface area contributed by atoms with Crippen LogP contribution in [-0.2, 0) is 28.5 Å². The Kier molecular flexibility index (Phi) is 13.7. The van der Waals surface area contributed by atoms with E-state index in [2.05, 4.69) is 5.32 Å². The number of nitrogens with one attached hydrogen (secondary N) is 1. The molecule has 10 nitrogen and oxygen atoms in total. The molecular weight excluding hydrogens is 492 g/mol. The van der Waals surface area contributed by atoms with Gasteiger partial charge < -0.3 is 24.3 Å². The number of nitro groups is 1. The largest absolute Gasteiger partial charge is 0.460 e. The van der Waals surface area contributed by atoms with Gasteiger partial charge in [-0.05, 0) is 32.3 Å². The van der Waals surface area contributed by atoms with E-state index in [1.54, 1.807) is 19.9 Å². The summed E-state index contributed by atoms with van der Waals surface area (Å²) < 4.78 is 21.6. The summed E-state index contributed by atoms with van der Waals surface area (Å²) in [6, 6.07) is 5.86. The van der Waals surface area contributed by atoms with Gasteiger partial charge in [0.25, 0.3) is 5.69 Å². The molecule has 1 aromatic rings. The Balaban J connectivity index is 0.00000648. The van der Waals surface area contributed by atoms with Crippen molar-refractivity contribution in [3.05, 3.63) is 62.5 Å². The van der Waals surface area contributed by atoms with Crippen LogP contribution in [0.3, 0.4) is 0 Å². The fourth-order valence-corrected chi connectivity index (χ4v) is 3.72. The molecule has 11 heteroatoms. The molecule has 0 radical (unpaired) electrons. The molecule has 1 aliphatic heterocycles. The van der Waals surface area contributed by atoms with Gasteiger partial charge in [-0.15, -0.1) is 12.4 Å². The van der Waals surface area contributed by atoms with E-state index in [1.807, 2.05) is 13.8 Å². The van der Waals surface area contributed by atoms with Crippen molar-refractivity contribution in [1.82, 2.24) is 5.32 Å². The fourth-order valence-electron chi connectivity index (χ4n) is 3.72. The van der Waals surface area contributed by atoms with Crippen molar-refractivity contribution in [1.29, 1.82) is 0 Å². The van der Waals surface area contributed by atoms with Gasteiger partial charge in [0.15, 0.2) is 0 Å². The third-order valence-corrected chi connectivity index (χ3v) is 5.23. The Hall–Kier alpha value is -2.95. The highest BCUT2D eigenvalue weighted by Gasteiger charge is 2.38. The molecule has 0 aromatic heterocycles. The number of esters is 2. The predicted molar refractivity (Wildman–Crippen MR) is 136 cm³/mol. The van der Waals surface area contributed by atoms with Gasteiger partial charge >= 0.3 is 11.9 Å². The van der Waals surface area contributed by atoms with Crippen LogP contribution < -0.4 is 5.32 Å². The second kappa shape index (κ2) is 15.9. The lowest BCUT2D eigenvalue weighted by Gasteiger charge is -2.30. The minimum Gasteiger partial charge on any atom is -0.460 e. The minimum absolute atomic E-state index is 0. The van der Waals surface area contributed by atoms with E-state index in [-0.39, 0.29) is 55.7 Å². The molecule has 0 spiro atoms. The minimum atomic E-state index is -0.913. The molecule has 1 aromatic carbocycles. The third kappa shape index (κ3) is 8.61. The highest BCUT2D eigenvalue weighted by atomic mass is 35.5. The Morgan fingerprint density at radius 2 is 1.39 bits per heavy atom. The highest BCUT2D eigenvalue weighted by Crippen LogP contribution is 2.40. The van der Waals surface area contributed by atoms with Gasteiger partial charge in [-0.1, -0.05) is 26.0 Å². The average molecular weight is 527 g/mol. The van der Waals surface area contributed by atoms with Gasteiger partial charge in [0.2, 0.25) is 0 Å². The summed E-state index contributed by atoms with van der Waals surface area (Å²) in [5.74, 6) is -2.20. The van der Waals surface area contributed by atoms with Gasteiger partial charge in [0.05, 0.1) is 35.2 Å². The number of allylic oxidation sites excluding steroid dienone is 2. The number of dihydropyridines is 1. The summed E-state index contributed by atoms with van der Waals surface area (Å²) in [5.41, 5.74) is 1.59. The first-order valence-corrected chi connectivity index (χ1v) is 11.7. The summed E-state index contributed by atoms with van der Waals surface area (Å²) in [6.45, 7) is 8.99. The van der Waals surface area contributed by atoms with E-state index < -0.39 is 22.8 Å². The number of halogens is 1. The Bertz CT molecular complexity index is 929. The monoisotopic (exact) mass is 526 g/mol. The first-order valence-electron chi connectivity index (χ1n) is 11.7. The van der Waals surface area contributed by atoms with E-state index >= 15 is 0 Å². The van der Waals surface area contributed by atoms with Crippen molar-refractivity contribution in [2.75, 3.05) is 39.6 Å². The lowest BCUT2D eigenvalue weighted by molar-refractivity contribution is -0.384. The second-order valence-electron chi connectivity index (χ2n) is 7.98. The summed E-state index contributed by atoms with van der Waals surface area (Å²) in [5, 5.41) is 14.5. The van der Waals surface area contributed by atoms with Crippen LogP contribution in [0.2, 0.25) is 0 Å². The van der Waals surface area contributed by atoms with Crippen LogP contribution in [-0.4, -0.2) is 56.5 Å². The van der Waals surface area contributed by atoms with Gasteiger partial charge in [-0.25, -0.2) is 9.59 Å². The third-order valence-electron chi connectivity index (χ3n) is 5.23. The van der Waals surface area contributed by atoms with Crippen molar-refractivity contribution in [2.24, 2.45) is 0 Å². The lowest BCUT2D eigenvalue weighted by atomic mass is 9.80. The molecular formula is C25H35ClN2O8. The van der Waals surface area contributed by atoms with Crippen LogP contribution in [0.15, 0.2) is 46.8 Å². The van der Waals surface area contributed by atoms with Crippen LogP contribution in [0.25, 0.3) is 0 Å². The molecule has 1 aliphatic rings. The molecule has 0 unspecified atom stereocenters. The van der Waals surface area contributed by atoms with E-state index in [9.17, 15) is 19.7 Å². The molecule has 0 saturated carbocycles. The number of carbonyl (C=O) groups excluding carboxylic acids is 2. The molecule has 0 bridgehead atoms. The van der Waals surface area contributed by atoms with Crippen LogP contribution in [0.1, 0.15) is 52.0 Å². The standard InChI is InChI=1S/C25H34N2O8.ClH/c1-5-10-32-12-14-34-24(28)21-17(3)26-18(4)22(25(29)35-15-13-33-11-6-2)23(21)19-8-7-9-20(16-19)27(30)31;/h7-9,16,23,26H,5-6,10-15H2,1-4H3;1H. The number of nitro benzene ring substituents is 1. The number of ether oxygens (including phenoxy) is 4. The molecule has 2 rings (SSSR count). The zero-order valence-electron chi connectivity index (χ0n) is 21.2. The van der Waals surface area contributed by atoms with E-state index in [4.69, 9.17) is 18.9 Å². The lowest BCUT2D eigenvalue weighted by Crippen LogP contribution is -2.33. The van der Waals surface area contributed by atoms with Crippen LogP contribution >= 0.6 is 12.4 Å². The molecule has 0 atom stereocenters. The van der Waals surface area contributed by atoms with Gasteiger partial charge in [0, 0.05) is 36.7 Å².